The SMILES string of the molecule is O=C(Nc1ccc2oc3ccccc3c2c1)C(c1ccccc1)c1ccccc1. The quantitative estimate of drug-likeness (QED) is 0.396. The molecule has 0 fully saturated rings. The molecule has 0 saturated carbocycles. The number of nitrogens with one attached hydrogen (secondary N) is 1. The van der Waals surface area contributed by atoms with E-state index < -0.39 is 0 Å². The number of furan rings is 1. The van der Waals surface area contributed by atoms with Gasteiger partial charge in [-0.15, -0.1) is 0 Å². The number of benzene rings is 4. The molecule has 0 bridgehead atoms. The Morgan fingerprint density at radius 1 is 0.655 bits per heavy atom. The van der Waals surface area contributed by atoms with Crippen molar-refractivity contribution in [1.82, 2.24) is 0 Å². The van der Waals surface area contributed by atoms with Crippen LogP contribution in [0.25, 0.3) is 21.9 Å². The van der Waals surface area contributed by atoms with Gasteiger partial charge in [-0.1, -0.05) is 78.9 Å². The van der Waals surface area contributed by atoms with Crippen molar-refractivity contribution >= 4 is 33.5 Å². The summed E-state index contributed by atoms with van der Waals surface area (Å²) in [6, 6.07) is 33.4. The van der Waals surface area contributed by atoms with Crippen molar-refractivity contribution < 1.29 is 9.21 Å². The van der Waals surface area contributed by atoms with Crippen LogP contribution in [0.15, 0.2) is 108 Å². The van der Waals surface area contributed by atoms with Crippen molar-refractivity contribution in [3.63, 3.8) is 0 Å². The van der Waals surface area contributed by atoms with Gasteiger partial charge < -0.3 is 9.73 Å². The summed E-state index contributed by atoms with van der Waals surface area (Å²) < 4.78 is 5.89. The van der Waals surface area contributed by atoms with Crippen molar-refractivity contribution in [2.75, 3.05) is 5.32 Å². The number of amides is 1. The Morgan fingerprint density at radius 3 is 1.93 bits per heavy atom. The van der Waals surface area contributed by atoms with E-state index in [0.29, 0.717) is 0 Å². The first-order valence-corrected chi connectivity index (χ1v) is 9.62. The maximum Gasteiger partial charge on any atom is 0.236 e. The van der Waals surface area contributed by atoms with Gasteiger partial charge in [-0.05, 0) is 35.4 Å². The summed E-state index contributed by atoms with van der Waals surface area (Å²) in [5, 5.41) is 5.14. The van der Waals surface area contributed by atoms with Crippen molar-refractivity contribution in [2.45, 2.75) is 5.92 Å². The maximum absolute atomic E-state index is 13.3. The van der Waals surface area contributed by atoms with Crippen LogP contribution in [0.1, 0.15) is 17.0 Å². The van der Waals surface area contributed by atoms with E-state index in [1.54, 1.807) is 0 Å². The molecule has 4 aromatic carbocycles. The third-order valence-electron chi connectivity index (χ3n) is 5.17. The summed E-state index contributed by atoms with van der Waals surface area (Å²) in [5.74, 6) is -0.441. The number of carbonyl (C=O) groups excluding carboxylic acids is 1. The van der Waals surface area contributed by atoms with Gasteiger partial charge in [0.05, 0.1) is 5.92 Å². The highest BCUT2D eigenvalue weighted by atomic mass is 16.3. The largest absolute Gasteiger partial charge is 0.456 e. The first kappa shape index (κ1) is 17.3. The number of hydrogen-bond acceptors (Lipinski definition) is 2. The fourth-order valence-electron chi connectivity index (χ4n) is 3.80. The summed E-state index contributed by atoms with van der Waals surface area (Å²) in [4.78, 5) is 13.3. The minimum atomic E-state index is -0.380. The van der Waals surface area contributed by atoms with Crippen LogP contribution in [0.3, 0.4) is 0 Å². The maximum atomic E-state index is 13.3. The molecule has 0 saturated heterocycles. The number of anilines is 1. The first-order chi connectivity index (χ1) is 14.3. The van der Waals surface area contributed by atoms with Crippen LogP contribution >= 0.6 is 0 Å². The molecule has 0 spiro atoms. The van der Waals surface area contributed by atoms with Crippen molar-refractivity contribution in [2.24, 2.45) is 0 Å². The number of carbonyl (C=O) groups is 1. The van der Waals surface area contributed by atoms with Gasteiger partial charge in [0.25, 0.3) is 0 Å². The van der Waals surface area contributed by atoms with E-state index in [4.69, 9.17) is 4.42 Å². The molecule has 0 atom stereocenters. The van der Waals surface area contributed by atoms with E-state index in [9.17, 15) is 4.79 Å². The van der Waals surface area contributed by atoms with Crippen LogP contribution in [-0.4, -0.2) is 5.91 Å². The Labute approximate surface area is 168 Å². The molecule has 1 amide bonds. The average Bonchev–Trinajstić information content (AvgIpc) is 3.13. The second kappa shape index (κ2) is 7.28. The Kier molecular flexibility index (Phi) is 4.34. The van der Waals surface area contributed by atoms with Crippen LogP contribution in [0, 0.1) is 0 Å². The molecular formula is C26H19NO2. The van der Waals surface area contributed by atoms with Crippen molar-refractivity contribution in [3.8, 4) is 0 Å². The summed E-state index contributed by atoms with van der Waals surface area (Å²) in [6.07, 6.45) is 0. The van der Waals surface area contributed by atoms with Crippen molar-refractivity contribution in [1.29, 1.82) is 0 Å². The molecule has 1 heterocycles. The summed E-state index contributed by atoms with van der Waals surface area (Å²) >= 11 is 0. The van der Waals surface area contributed by atoms with E-state index in [1.807, 2.05) is 103 Å². The van der Waals surface area contributed by atoms with Crippen LogP contribution < -0.4 is 5.32 Å². The summed E-state index contributed by atoms with van der Waals surface area (Å²) in [6.45, 7) is 0. The zero-order valence-corrected chi connectivity index (χ0v) is 15.7. The van der Waals surface area contributed by atoms with Gasteiger partial charge in [-0.2, -0.15) is 0 Å². The normalized spacial score (nSPS) is 11.2. The van der Waals surface area contributed by atoms with Crippen LogP contribution in [0.4, 0.5) is 5.69 Å². The molecule has 0 aliphatic heterocycles. The highest BCUT2D eigenvalue weighted by Gasteiger charge is 2.22. The van der Waals surface area contributed by atoms with Crippen LogP contribution in [-0.2, 0) is 4.79 Å². The lowest BCUT2D eigenvalue weighted by Crippen LogP contribution is -2.22. The van der Waals surface area contributed by atoms with Gasteiger partial charge in [-0.25, -0.2) is 0 Å². The standard InChI is InChI=1S/C26H19NO2/c28-26(25(18-9-3-1-4-10-18)19-11-5-2-6-12-19)27-20-15-16-24-22(17-20)21-13-7-8-14-23(21)29-24/h1-17,25H,(H,27,28). The fraction of sp³-hybridized carbons (Fsp3) is 0.0385. The van der Waals surface area contributed by atoms with E-state index in [-0.39, 0.29) is 11.8 Å². The van der Waals surface area contributed by atoms with E-state index in [1.165, 1.54) is 0 Å². The number of fused-ring (bicyclic) bond motifs is 3. The number of hydrogen-bond donors (Lipinski definition) is 1. The molecule has 0 radical (unpaired) electrons. The van der Waals surface area contributed by atoms with Gasteiger partial charge in [0.15, 0.2) is 0 Å². The third-order valence-corrected chi connectivity index (χ3v) is 5.17. The zero-order chi connectivity index (χ0) is 19.6. The lowest BCUT2D eigenvalue weighted by Gasteiger charge is -2.18. The van der Waals surface area contributed by atoms with E-state index >= 15 is 0 Å². The molecular weight excluding hydrogens is 358 g/mol. The highest BCUT2D eigenvalue weighted by Crippen LogP contribution is 2.31. The highest BCUT2D eigenvalue weighted by molar-refractivity contribution is 6.07. The molecule has 3 nitrogen and oxygen atoms in total. The topological polar surface area (TPSA) is 42.2 Å². The van der Waals surface area contributed by atoms with Crippen LogP contribution in [0.2, 0.25) is 0 Å². The molecule has 0 unspecified atom stereocenters. The number of rotatable bonds is 4. The third kappa shape index (κ3) is 3.27. The van der Waals surface area contributed by atoms with E-state index in [0.717, 1.165) is 38.8 Å². The van der Waals surface area contributed by atoms with E-state index in [2.05, 4.69) is 5.32 Å². The summed E-state index contributed by atoms with van der Waals surface area (Å²) in [7, 11) is 0. The fourth-order valence-corrected chi connectivity index (χ4v) is 3.80. The predicted molar refractivity (Wildman–Crippen MR) is 117 cm³/mol. The molecule has 1 aromatic heterocycles. The van der Waals surface area contributed by atoms with Crippen molar-refractivity contribution in [3.05, 3.63) is 114 Å². The number of para-hydroxylation sites is 1. The average molecular weight is 377 g/mol. The molecule has 5 rings (SSSR count). The predicted octanol–water partition coefficient (Wildman–Crippen LogP) is 6.36. The van der Waals surface area contributed by atoms with Gasteiger partial charge in [0, 0.05) is 16.5 Å². The molecule has 29 heavy (non-hydrogen) atoms. The molecule has 140 valence electrons. The lowest BCUT2D eigenvalue weighted by atomic mass is 9.90. The minimum absolute atomic E-state index is 0.0606. The molecule has 0 aliphatic carbocycles. The van der Waals surface area contributed by atoms with Crippen LogP contribution in [0.5, 0.6) is 0 Å². The lowest BCUT2D eigenvalue weighted by molar-refractivity contribution is -0.116. The smallest absolute Gasteiger partial charge is 0.236 e. The molecule has 5 aromatic rings. The Hall–Kier alpha value is -3.85. The van der Waals surface area contributed by atoms with Gasteiger partial charge in [0.1, 0.15) is 11.2 Å². The second-order valence-electron chi connectivity index (χ2n) is 7.05. The molecule has 0 aliphatic rings. The second-order valence-corrected chi connectivity index (χ2v) is 7.05. The van der Waals surface area contributed by atoms with Gasteiger partial charge >= 0.3 is 0 Å². The Balaban J connectivity index is 1.52. The molecule has 3 heteroatoms. The molecule has 1 N–H and O–H groups in total. The minimum Gasteiger partial charge on any atom is -0.456 e. The van der Waals surface area contributed by atoms with Gasteiger partial charge in [-0.3, -0.25) is 4.79 Å². The monoisotopic (exact) mass is 377 g/mol. The first-order valence-electron chi connectivity index (χ1n) is 9.62. The summed E-state index contributed by atoms with van der Waals surface area (Å²) in [5.41, 5.74) is 4.34. The Morgan fingerprint density at radius 2 is 1.24 bits per heavy atom. The Bertz CT molecular complexity index is 1250. The van der Waals surface area contributed by atoms with Gasteiger partial charge in [0.2, 0.25) is 5.91 Å². The zero-order valence-electron chi connectivity index (χ0n) is 15.7.